The van der Waals surface area contributed by atoms with Crippen LogP contribution in [0.1, 0.15) is 29.8 Å². The first-order valence-electron chi connectivity index (χ1n) is 7.81. The number of carbonyl (C=O) groups is 1. The molecule has 0 saturated carbocycles. The van der Waals surface area contributed by atoms with Gasteiger partial charge in [0, 0.05) is 11.0 Å². The van der Waals surface area contributed by atoms with Crippen molar-refractivity contribution in [3.8, 4) is 11.5 Å². The van der Waals surface area contributed by atoms with Gasteiger partial charge in [0.05, 0.1) is 13.2 Å². The van der Waals surface area contributed by atoms with Gasteiger partial charge in [-0.15, -0.1) is 0 Å². The fraction of sp³-hybridized carbons (Fsp3) is 0.250. The summed E-state index contributed by atoms with van der Waals surface area (Å²) in [5.41, 5.74) is 1.21. The molecule has 124 valence electrons. The maximum absolute atomic E-state index is 12.9. The fourth-order valence-electron chi connectivity index (χ4n) is 2.32. The molecule has 0 saturated heterocycles. The van der Waals surface area contributed by atoms with E-state index in [1.54, 1.807) is 36.4 Å². The van der Waals surface area contributed by atoms with Gasteiger partial charge in [-0.05, 0) is 42.0 Å². The predicted octanol–water partition coefficient (Wildman–Crippen LogP) is 4.52. The van der Waals surface area contributed by atoms with Crippen molar-refractivity contribution < 1.29 is 18.7 Å². The SMILES string of the molecule is CC1(C)COc2ccc(C(=O)/C=C/c3ccc(F)cc3)cc2OC1. The minimum atomic E-state index is -0.302. The number of halogens is 1. The second-order valence-corrected chi connectivity index (χ2v) is 6.65. The van der Waals surface area contributed by atoms with E-state index in [-0.39, 0.29) is 17.0 Å². The van der Waals surface area contributed by atoms with Crippen molar-refractivity contribution in [3.63, 3.8) is 0 Å². The van der Waals surface area contributed by atoms with Crippen LogP contribution in [0.15, 0.2) is 48.5 Å². The van der Waals surface area contributed by atoms with E-state index in [1.165, 1.54) is 18.2 Å². The molecule has 1 heterocycles. The van der Waals surface area contributed by atoms with Crippen LogP contribution >= 0.6 is 0 Å². The summed E-state index contributed by atoms with van der Waals surface area (Å²) in [6, 6.07) is 11.1. The molecule has 0 atom stereocenters. The van der Waals surface area contributed by atoms with E-state index >= 15 is 0 Å². The summed E-state index contributed by atoms with van der Waals surface area (Å²) in [4.78, 5) is 12.3. The van der Waals surface area contributed by atoms with Crippen molar-refractivity contribution in [2.45, 2.75) is 13.8 Å². The molecule has 4 heteroatoms. The van der Waals surface area contributed by atoms with Gasteiger partial charge in [-0.3, -0.25) is 4.79 Å². The van der Waals surface area contributed by atoms with Crippen LogP contribution in [0.25, 0.3) is 6.08 Å². The summed E-state index contributed by atoms with van der Waals surface area (Å²) >= 11 is 0. The highest BCUT2D eigenvalue weighted by Gasteiger charge is 2.25. The van der Waals surface area contributed by atoms with Crippen molar-refractivity contribution in [1.82, 2.24) is 0 Å². The number of ketones is 1. The van der Waals surface area contributed by atoms with Gasteiger partial charge in [-0.2, -0.15) is 0 Å². The molecule has 2 aromatic rings. The average Bonchev–Trinajstić information content (AvgIpc) is 2.72. The van der Waals surface area contributed by atoms with Crippen molar-refractivity contribution in [2.75, 3.05) is 13.2 Å². The van der Waals surface area contributed by atoms with Gasteiger partial charge < -0.3 is 9.47 Å². The highest BCUT2D eigenvalue weighted by atomic mass is 19.1. The van der Waals surface area contributed by atoms with Crippen LogP contribution in [0.2, 0.25) is 0 Å². The van der Waals surface area contributed by atoms with Gasteiger partial charge in [0.15, 0.2) is 17.3 Å². The number of hydrogen-bond donors (Lipinski definition) is 0. The van der Waals surface area contributed by atoms with Crippen molar-refractivity contribution in [3.05, 3.63) is 65.5 Å². The van der Waals surface area contributed by atoms with Crippen LogP contribution in [0.3, 0.4) is 0 Å². The molecule has 3 nitrogen and oxygen atoms in total. The van der Waals surface area contributed by atoms with Crippen LogP contribution < -0.4 is 9.47 Å². The summed E-state index contributed by atoms with van der Waals surface area (Å²) in [6.07, 6.45) is 3.13. The number of rotatable bonds is 3. The third-order valence-electron chi connectivity index (χ3n) is 3.76. The van der Waals surface area contributed by atoms with Crippen molar-refractivity contribution >= 4 is 11.9 Å². The summed E-state index contributed by atoms with van der Waals surface area (Å²) in [7, 11) is 0. The lowest BCUT2D eigenvalue weighted by atomic mass is 9.97. The van der Waals surface area contributed by atoms with Crippen LogP contribution in [0.5, 0.6) is 11.5 Å². The van der Waals surface area contributed by atoms with Gasteiger partial charge in [0.25, 0.3) is 0 Å². The molecular weight excluding hydrogens is 307 g/mol. The first-order valence-corrected chi connectivity index (χ1v) is 7.81. The van der Waals surface area contributed by atoms with Gasteiger partial charge in [0.1, 0.15) is 5.82 Å². The third-order valence-corrected chi connectivity index (χ3v) is 3.76. The monoisotopic (exact) mass is 326 g/mol. The van der Waals surface area contributed by atoms with Crippen LogP contribution in [-0.2, 0) is 0 Å². The first-order chi connectivity index (χ1) is 11.4. The number of carbonyl (C=O) groups excluding carboxylic acids is 1. The second kappa shape index (κ2) is 6.48. The predicted molar refractivity (Wildman–Crippen MR) is 91.0 cm³/mol. The molecule has 0 unspecified atom stereocenters. The van der Waals surface area contributed by atoms with Gasteiger partial charge in [-0.25, -0.2) is 4.39 Å². The normalized spacial score (nSPS) is 16.0. The number of hydrogen-bond acceptors (Lipinski definition) is 3. The molecule has 24 heavy (non-hydrogen) atoms. The molecular formula is C20H19FO3. The van der Waals surface area contributed by atoms with E-state index in [9.17, 15) is 9.18 Å². The molecule has 0 aliphatic carbocycles. The van der Waals surface area contributed by atoms with E-state index in [1.807, 2.05) is 0 Å². The van der Waals surface area contributed by atoms with E-state index in [0.29, 0.717) is 30.3 Å². The van der Waals surface area contributed by atoms with Crippen molar-refractivity contribution in [2.24, 2.45) is 5.41 Å². The standard InChI is InChI=1S/C20H19FO3/c1-20(2)12-23-18-10-6-15(11-19(18)24-13-20)17(22)9-5-14-3-7-16(21)8-4-14/h3-11H,12-13H2,1-2H3/b9-5+. The molecule has 0 fully saturated rings. The van der Waals surface area contributed by atoms with Crippen LogP contribution in [0, 0.1) is 11.2 Å². The Bertz CT molecular complexity index is 776. The van der Waals surface area contributed by atoms with Crippen molar-refractivity contribution in [1.29, 1.82) is 0 Å². The smallest absolute Gasteiger partial charge is 0.185 e. The topological polar surface area (TPSA) is 35.5 Å². The molecule has 0 bridgehead atoms. The molecule has 2 aromatic carbocycles. The maximum Gasteiger partial charge on any atom is 0.185 e. The van der Waals surface area contributed by atoms with E-state index < -0.39 is 0 Å². The lowest BCUT2D eigenvalue weighted by Gasteiger charge is -2.19. The van der Waals surface area contributed by atoms with Gasteiger partial charge in [-0.1, -0.05) is 32.1 Å². The zero-order valence-electron chi connectivity index (χ0n) is 13.7. The van der Waals surface area contributed by atoms with E-state index in [0.717, 1.165) is 5.56 Å². The zero-order chi connectivity index (χ0) is 17.2. The minimum absolute atomic E-state index is 0.0777. The lowest BCUT2D eigenvalue weighted by Crippen LogP contribution is -2.26. The number of benzene rings is 2. The Balaban J connectivity index is 1.77. The van der Waals surface area contributed by atoms with Crippen LogP contribution in [0.4, 0.5) is 4.39 Å². The molecule has 0 spiro atoms. The molecule has 1 aliphatic rings. The Hall–Kier alpha value is -2.62. The molecule has 3 rings (SSSR count). The molecule has 0 radical (unpaired) electrons. The molecule has 0 amide bonds. The quantitative estimate of drug-likeness (QED) is 0.614. The second-order valence-electron chi connectivity index (χ2n) is 6.65. The number of ether oxygens (including phenoxy) is 2. The number of allylic oxidation sites excluding steroid dienone is 1. The lowest BCUT2D eigenvalue weighted by molar-refractivity contribution is 0.104. The minimum Gasteiger partial charge on any atom is -0.489 e. The average molecular weight is 326 g/mol. The molecule has 0 N–H and O–H groups in total. The maximum atomic E-state index is 12.9. The zero-order valence-corrected chi connectivity index (χ0v) is 13.7. The molecule has 1 aliphatic heterocycles. The van der Waals surface area contributed by atoms with Crippen LogP contribution in [-0.4, -0.2) is 19.0 Å². The van der Waals surface area contributed by atoms with E-state index in [4.69, 9.17) is 9.47 Å². The Labute approximate surface area is 140 Å². The summed E-state index contributed by atoms with van der Waals surface area (Å²) in [6.45, 7) is 5.23. The largest absolute Gasteiger partial charge is 0.489 e. The summed E-state index contributed by atoms with van der Waals surface area (Å²) < 4.78 is 24.4. The highest BCUT2D eigenvalue weighted by molar-refractivity contribution is 6.07. The summed E-state index contributed by atoms with van der Waals surface area (Å²) in [5.74, 6) is 0.791. The first kappa shape index (κ1) is 16.2. The fourth-order valence-corrected chi connectivity index (χ4v) is 2.32. The Morgan fingerprint density at radius 3 is 2.42 bits per heavy atom. The van der Waals surface area contributed by atoms with Gasteiger partial charge >= 0.3 is 0 Å². The molecule has 0 aromatic heterocycles. The van der Waals surface area contributed by atoms with Gasteiger partial charge in [0.2, 0.25) is 0 Å². The Morgan fingerprint density at radius 1 is 1.04 bits per heavy atom. The highest BCUT2D eigenvalue weighted by Crippen LogP contribution is 2.34. The third kappa shape index (κ3) is 3.82. The Kier molecular flexibility index (Phi) is 4.38. The van der Waals surface area contributed by atoms with E-state index in [2.05, 4.69) is 13.8 Å². The number of fused-ring (bicyclic) bond motifs is 1. The Morgan fingerprint density at radius 2 is 1.71 bits per heavy atom. The summed E-state index contributed by atoms with van der Waals surface area (Å²) in [5, 5.41) is 0.